The summed E-state index contributed by atoms with van der Waals surface area (Å²) in [6.07, 6.45) is 1.56. The Morgan fingerprint density at radius 2 is 2.10 bits per heavy atom. The Bertz CT molecular complexity index is 512. The summed E-state index contributed by atoms with van der Waals surface area (Å²) < 4.78 is 10.1. The number of benzene rings is 1. The van der Waals surface area contributed by atoms with Gasteiger partial charge in [-0.05, 0) is 24.6 Å². The van der Waals surface area contributed by atoms with E-state index in [-0.39, 0.29) is 12.0 Å². The summed E-state index contributed by atoms with van der Waals surface area (Å²) in [5.41, 5.74) is 0.210. The van der Waals surface area contributed by atoms with Crippen molar-refractivity contribution >= 4 is 11.9 Å². The van der Waals surface area contributed by atoms with Gasteiger partial charge < -0.3 is 19.9 Å². The molecular weight excluding hydrogens is 262 g/mol. The fourth-order valence-electron chi connectivity index (χ4n) is 1.62. The van der Waals surface area contributed by atoms with E-state index in [1.165, 1.54) is 26.4 Å². The number of nitrogens with one attached hydrogen (secondary N) is 1. The van der Waals surface area contributed by atoms with Crippen molar-refractivity contribution in [1.82, 2.24) is 5.32 Å². The summed E-state index contributed by atoms with van der Waals surface area (Å²) in [6, 6.07) is 3.68. The summed E-state index contributed by atoms with van der Waals surface area (Å²) >= 11 is 0. The minimum absolute atomic E-state index is 0.132. The number of methoxy groups -OCH3 is 2. The van der Waals surface area contributed by atoms with Gasteiger partial charge in [-0.1, -0.05) is 6.08 Å². The lowest BCUT2D eigenvalue weighted by Crippen LogP contribution is -2.40. The summed E-state index contributed by atoms with van der Waals surface area (Å²) in [5.74, 6) is -0.854. The van der Waals surface area contributed by atoms with Crippen molar-refractivity contribution in [3.63, 3.8) is 0 Å². The van der Waals surface area contributed by atoms with Crippen LogP contribution in [0.5, 0.6) is 11.5 Å². The number of amides is 1. The van der Waals surface area contributed by atoms with Crippen LogP contribution in [0.2, 0.25) is 0 Å². The van der Waals surface area contributed by atoms with Gasteiger partial charge in [0.2, 0.25) is 0 Å². The molecule has 20 heavy (non-hydrogen) atoms. The molecule has 6 heteroatoms. The maximum atomic E-state index is 12.1. The lowest BCUT2D eigenvalue weighted by atomic mass is 10.1. The molecule has 1 aromatic carbocycles. The molecule has 1 amide bonds. The van der Waals surface area contributed by atoms with Gasteiger partial charge in [-0.25, -0.2) is 4.79 Å². The molecule has 0 bridgehead atoms. The molecule has 0 aliphatic heterocycles. The minimum atomic E-state index is -1.12. The Kier molecular flexibility index (Phi) is 5.58. The van der Waals surface area contributed by atoms with Gasteiger partial charge in [-0.15, -0.1) is 6.58 Å². The smallest absolute Gasteiger partial charge is 0.326 e. The second-order valence-electron chi connectivity index (χ2n) is 3.95. The molecule has 108 valence electrons. The molecule has 0 radical (unpaired) electrons. The van der Waals surface area contributed by atoms with Crippen molar-refractivity contribution in [2.24, 2.45) is 0 Å². The second kappa shape index (κ2) is 7.18. The number of rotatable bonds is 7. The number of carbonyl (C=O) groups is 2. The van der Waals surface area contributed by atoms with E-state index in [2.05, 4.69) is 11.9 Å². The molecule has 0 aromatic heterocycles. The Morgan fingerprint density at radius 1 is 1.40 bits per heavy atom. The van der Waals surface area contributed by atoms with Crippen LogP contribution in [0.1, 0.15) is 16.8 Å². The summed E-state index contributed by atoms with van der Waals surface area (Å²) in [7, 11) is 2.90. The monoisotopic (exact) mass is 279 g/mol. The Hall–Kier alpha value is -2.50. The molecule has 1 atom stereocenters. The van der Waals surface area contributed by atoms with E-state index in [1.54, 1.807) is 12.1 Å². The van der Waals surface area contributed by atoms with Gasteiger partial charge in [0.25, 0.3) is 5.91 Å². The highest BCUT2D eigenvalue weighted by Crippen LogP contribution is 2.23. The van der Waals surface area contributed by atoms with Crippen molar-refractivity contribution < 1.29 is 24.2 Å². The predicted octanol–water partition coefficient (Wildman–Crippen LogP) is 1.46. The zero-order chi connectivity index (χ0) is 15.1. The lowest BCUT2D eigenvalue weighted by Gasteiger charge is -2.15. The molecule has 0 fully saturated rings. The number of carboxylic acids is 1. The SMILES string of the molecule is C=CCC(NC(=O)c1cc(OC)ccc1OC)C(=O)O. The van der Waals surface area contributed by atoms with Crippen molar-refractivity contribution in [1.29, 1.82) is 0 Å². The molecule has 0 heterocycles. The van der Waals surface area contributed by atoms with E-state index in [1.807, 2.05) is 0 Å². The molecule has 1 aromatic rings. The van der Waals surface area contributed by atoms with Crippen LogP contribution >= 0.6 is 0 Å². The first-order valence-electron chi connectivity index (χ1n) is 5.90. The molecule has 0 aliphatic carbocycles. The minimum Gasteiger partial charge on any atom is -0.497 e. The van der Waals surface area contributed by atoms with E-state index in [9.17, 15) is 9.59 Å². The van der Waals surface area contributed by atoms with E-state index < -0.39 is 17.9 Å². The normalized spacial score (nSPS) is 11.3. The summed E-state index contributed by atoms with van der Waals surface area (Å²) in [5, 5.41) is 11.4. The van der Waals surface area contributed by atoms with E-state index in [0.717, 1.165) is 0 Å². The van der Waals surface area contributed by atoms with Crippen LogP contribution in [0.15, 0.2) is 30.9 Å². The molecule has 0 spiro atoms. The molecule has 2 N–H and O–H groups in total. The third-order valence-corrected chi connectivity index (χ3v) is 2.66. The predicted molar refractivity (Wildman–Crippen MR) is 73.3 cm³/mol. The van der Waals surface area contributed by atoms with E-state index in [0.29, 0.717) is 11.5 Å². The highest BCUT2D eigenvalue weighted by Gasteiger charge is 2.21. The number of ether oxygens (including phenoxy) is 2. The van der Waals surface area contributed by atoms with Gasteiger partial charge in [0, 0.05) is 0 Å². The average Bonchev–Trinajstić information content (AvgIpc) is 2.45. The number of aliphatic carboxylic acids is 1. The van der Waals surface area contributed by atoms with Crippen LogP contribution < -0.4 is 14.8 Å². The van der Waals surface area contributed by atoms with Crippen LogP contribution in [0, 0.1) is 0 Å². The van der Waals surface area contributed by atoms with Gasteiger partial charge in [0.1, 0.15) is 17.5 Å². The third kappa shape index (κ3) is 3.74. The highest BCUT2D eigenvalue weighted by atomic mass is 16.5. The molecule has 6 nitrogen and oxygen atoms in total. The van der Waals surface area contributed by atoms with Crippen LogP contribution in [0.4, 0.5) is 0 Å². The van der Waals surface area contributed by atoms with Gasteiger partial charge >= 0.3 is 5.97 Å². The van der Waals surface area contributed by atoms with Gasteiger partial charge in [-0.2, -0.15) is 0 Å². The fraction of sp³-hybridized carbons (Fsp3) is 0.286. The molecule has 0 aliphatic rings. The Morgan fingerprint density at radius 3 is 2.60 bits per heavy atom. The standard InChI is InChI=1S/C14H17NO5/c1-4-5-11(14(17)18)15-13(16)10-8-9(19-2)6-7-12(10)20-3/h4,6-8,11H,1,5H2,2-3H3,(H,15,16)(H,17,18). The van der Waals surface area contributed by atoms with Crippen molar-refractivity contribution in [2.75, 3.05) is 14.2 Å². The maximum absolute atomic E-state index is 12.1. The molecule has 1 rings (SSSR count). The first kappa shape index (κ1) is 15.6. The zero-order valence-corrected chi connectivity index (χ0v) is 11.4. The highest BCUT2D eigenvalue weighted by molar-refractivity contribution is 5.99. The van der Waals surface area contributed by atoms with Gasteiger partial charge in [0.05, 0.1) is 19.8 Å². The van der Waals surface area contributed by atoms with Crippen LogP contribution in [0.25, 0.3) is 0 Å². The fourth-order valence-corrected chi connectivity index (χ4v) is 1.62. The second-order valence-corrected chi connectivity index (χ2v) is 3.95. The molecule has 0 saturated heterocycles. The molecular formula is C14H17NO5. The first-order chi connectivity index (χ1) is 9.53. The average molecular weight is 279 g/mol. The van der Waals surface area contributed by atoms with E-state index in [4.69, 9.17) is 14.6 Å². The number of hydrogen-bond donors (Lipinski definition) is 2. The van der Waals surface area contributed by atoms with E-state index >= 15 is 0 Å². The Labute approximate surface area is 117 Å². The number of hydrogen-bond acceptors (Lipinski definition) is 4. The van der Waals surface area contributed by atoms with Crippen LogP contribution in [-0.2, 0) is 4.79 Å². The van der Waals surface area contributed by atoms with Gasteiger partial charge in [0.15, 0.2) is 0 Å². The number of carboxylic acid groups (broad SMARTS) is 1. The largest absolute Gasteiger partial charge is 0.497 e. The zero-order valence-electron chi connectivity index (χ0n) is 11.4. The van der Waals surface area contributed by atoms with Gasteiger partial charge in [-0.3, -0.25) is 4.79 Å². The summed E-state index contributed by atoms with van der Waals surface area (Å²) in [6.45, 7) is 3.46. The number of carbonyl (C=O) groups excluding carboxylic acids is 1. The third-order valence-electron chi connectivity index (χ3n) is 2.66. The van der Waals surface area contributed by atoms with Crippen LogP contribution in [-0.4, -0.2) is 37.2 Å². The quantitative estimate of drug-likeness (QED) is 0.738. The Balaban J connectivity index is 3.00. The van der Waals surface area contributed by atoms with Crippen molar-refractivity contribution in [3.8, 4) is 11.5 Å². The van der Waals surface area contributed by atoms with Crippen LogP contribution in [0.3, 0.4) is 0 Å². The first-order valence-corrected chi connectivity index (χ1v) is 5.90. The molecule has 0 saturated carbocycles. The lowest BCUT2D eigenvalue weighted by molar-refractivity contribution is -0.139. The van der Waals surface area contributed by atoms with Crippen molar-refractivity contribution in [2.45, 2.75) is 12.5 Å². The maximum Gasteiger partial charge on any atom is 0.326 e. The molecule has 1 unspecified atom stereocenters. The van der Waals surface area contributed by atoms with Crippen molar-refractivity contribution in [3.05, 3.63) is 36.4 Å². The topological polar surface area (TPSA) is 84.9 Å². The summed E-state index contributed by atoms with van der Waals surface area (Å²) in [4.78, 5) is 23.2.